The maximum absolute atomic E-state index is 14.1. The van der Waals surface area contributed by atoms with E-state index in [1.165, 1.54) is 0 Å². The molecule has 4 aromatic carbocycles. The molecule has 0 bridgehead atoms. The first-order valence-electron chi connectivity index (χ1n) is 14.6. The van der Waals surface area contributed by atoms with Gasteiger partial charge >= 0.3 is 12.1 Å². The lowest BCUT2D eigenvalue weighted by Crippen LogP contribution is -2.46. The first-order chi connectivity index (χ1) is 21.7. The number of amides is 2. The fraction of sp³-hybridized carbons (Fsp3) is 0.229. The number of hydrogen-bond donors (Lipinski definition) is 4. The number of carboxylic acid groups (broad SMARTS) is 1. The highest BCUT2D eigenvalue weighted by atomic mass is 31.2. The number of benzene rings is 4. The predicted molar refractivity (Wildman–Crippen MR) is 172 cm³/mol. The second kappa shape index (κ2) is 16.4. The summed E-state index contributed by atoms with van der Waals surface area (Å²) in [6.45, 7) is -0.0303. The zero-order valence-electron chi connectivity index (χ0n) is 24.7. The maximum Gasteiger partial charge on any atom is 0.408 e. The first-order valence-corrected chi connectivity index (χ1v) is 16.5. The van der Waals surface area contributed by atoms with Gasteiger partial charge in [0.1, 0.15) is 18.4 Å². The highest BCUT2D eigenvalue weighted by Crippen LogP contribution is 2.48. The molecule has 4 atom stereocenters. The van der Waals surface area contributed by atoms with E-state index < -0.39 is 49.2 Å². The lowest BCUT2D eigenvalue weighted by atomic mass is 9.99. The van der Waals surface area contributed by atoms with Crippen molar-refractivity contribution in [3.05, 3.63) is 144 Å². The number of hydrogen-bond acceptors (Lipinski definition) is 5. The monoisotopic (exact) mass is 628 g/mol. The van der Waals surface area contributed by atoms with E-state index >= 15 is 0 Å². The smallest absolute Gasteiger partial charge is 0.408 e. The summed E-state index contributed by atoms with van der Waals surface area (Å²) in [4.78, 5) is 50.2. The van der Waals surface area contributed by atoms with Crippen LogP contribution in [0.5, 0.6) is 0 Å². The molecule has 10 heteroatoms. The van der Waals surface area contributed by atoms with Gasteiger partial charge in [0.15, 0.2) is 0 Å². The lowest BCUT2D eigenvalue weighted by Gasteiger charge is -2.28. The average molecular weight is 629 g/mol. The van der Waals surface area contributed by atoms with Gasteiger partial charge in [-0.2, -0.15) is 0 Å². The van der Waals surface area contributed by atoms with E-state index in [4.69, 9.17) is 4.74 Å². The third kappa shape index (κ3) is 10.7. The van der Waals surface area contributed by atoms with Gasteiger partial charge in [0.2, 0.25) is 13.3 Å². The van der Waals surface area contributed by atoms with Crippen LogP contribution in [0.2, 0.25) is 0 Å². The number of carboxylic acids is 1. The topological polar surface area (TPSA) is 142 Å². The van der Waals surface area contributed by atoms with E-state index in [2.05, 4.69) is 10.6 Å². The van der Waals surface area contributed by atoms with E-state index in [-0.39, 0.29) is 25.9 Å². The Labute approximate surface area is 262 Å². The molecular weight excluding hydrogens is 591 g/mol. The van der Waals surface area contributed by atoms with Crippen LogP contribution >= 0.6 is 7.37 Å². The molecule has 0 radical (unpaired) electrons. The Morgan fingerprint density at radius 2 is 1.09 bits per heavy atom. The molecule has 2 amide bonds. The second-order valence-electron chi connectivity index (χ2n) is 10.8. The zero-order valence-corrected chi connectivity index (χ0v) is 25.6. The van der Waals surface area contributed by atoms with E-state index in [0.29, 0.717) is 5.56 Å². The summed E-state index contributed by atoms with van der Waals surface area (Å²) in [7, 11) is -4.32. The molecule has 0 saturated heterocycles. The standard InChI is InChI=1S/C35H37N2O7P/c38-33(36-31(34(39)40)22-27-15-7-2-8-16-27)30(21-26-13-5-1-6-14-26)25-45(42,43)32(23-28-17-9-3-10-18-28)37-35(41)44-24-29-19-11-4-12-20-29/h1-20,30-32H,21-25H2,(H,36,38)(H,37,41)(H,39,40)(H,42,43)/t30?,31?,32-/m1/s1. The molecule has 45 heavy (non-hydrogen) atoms. The third-order valence-corrected chi connectivity index (χ3v) is 9.58. The van der Waals surface area contributed by atoms with Crippen LogP contribution in [0.25, 0.3) is 0 Å². The molecule has 3 unspecified atom stereocenters. The number of ether oxygens (including phenoxy) is 1. The van der Waals surface area contributed by atoms with E-state index in [1.807, 2.05) is 36.4 Å². The van der Waals surface area contributed by atoms with Crippen molar-refractivity contribution >= 4 is 25.3 Å². The largest absolute Gasteiger partial charge is 0.480 e. The number of carbonyl (C=O) groups excluding carboxylic acids is 2. The molecule has 4 N–H and O–H groups in total. The van der Waals surface area contributed by atoms with E-state index in [1.54, 1.807) is 84.9 Å². The van der Waals surface area contributed by atoms with E-state index in [9.17, 15) is 28.9 Å². The van der Waals surface area contributed by atoms with Crippen LogP contribution in [0.15, 0.2) is 121 Å². The Morgan fingerprint density at radius 3 is 1.58 bits per heavy atom. The van der Waals surface area contributed by atoms with Crippen LogP contribution in [0.4, 0.5) is 4.79 Å². The van der Waals surface area contributed by atoms with Crippen LogP contribution in [-0.4, -0.2) is 46.0 Å². The van der Waals surface area contributed by atoms with Crippen molar-refractivity contribution in [3.8, 4) is 0 Å². The van der Waals surface area contributed by atoms with Crippen LogP contribution in [0.1, 0.15) is 22.3 Å². The van der Waals surface area contributed by atoms with Crippen molar-refractivity contribution in [2.75, 3.05) is 6.16 Å². The zero-order chi connectivity index (χ0) is 32.1. The number of carbonyl (C=O) groups is 3. The highest BCUT2D eigenvalue weighted by molar-refractivity contribution is 7.58. The number of alkyl carbamates (subject to hydrolysis) is 1. The van der Waals surface area contributed by atoms with Crippen LogP contribution in [0.3, 0.4) is 0 Å². The Balaban J connectivity index is 1.56. The molecule has 0 aliphatic rings. The molecule has 0 saturated carbocycles. The molecule has 234 valence electrons. The van der Waals surface area contributed by atoms with Gasteiger partial charge in [-0.05, 0) is 28.7 Å². The summed E-state index contributed by atoms with van der Waals surface area (Å²) in [5.74, 6) is -4.22. The molecule has 0 heterocycles. The summed E-state index contributed by atoms with van der Waals surface area (Å²) in [5.41, 5.74) is 2.92. The lowest BCUT2D eigenvalue weighted by molar-refractivity contribution is -0.142. The molecule has 4 aromatic rings. The molecular formula is C35H37N2O7P. The second-order valence-corrected chi connectivity index (χ2v) is 13.3. The Morgan fingerprint density at radius 1 is 0.644 bits per heavy atom. The Kier molecular flexibility index (Phi) is 12.1. The minimum Gasteiger partial charge on any atom is -0.480 e. The van der Waals surface area contributed by atoms with Gasteiger partial charge in [-0.3, -0.25) is 9.36 Å². The van der Waals surface area contributed by atoms with Crippen molar-refractivity contribution in [1.29, 1.82) is 0 Å². The molecule has 0 aromatic heterocycles. The normalized spacial score (nSPS) is 14.2. The Hall–Kier alpha value is -4.72. The maximum atomic E-state index is 14.1. The average Bonchev–Trinajstić information content (AvgIpc) is 3.04. The number of nitrogens with one attached hydrogen (secondary N) is 2. The van der Waals surface area contributed by atoms with E-state index in [0.717, 1.165) is 16.7 Å². The fourth-order valence-corrected chi connectivity index (χ4v) is 6.94. The van der Waals surface area contributed by atoms with Gasteiger partial charge < -0.3 is 25.4 Å². The van der Waals surface area contributed by atoms with Crippen LogP contribution in [0, 0.1) is 5.92 Å². The summed E-state index contributed by atoms with van der Waals surface area (Å²) in [6, 6.07) is 34.6. The predicted octanol–water partition coefficient (Wildman–Crippen LogP) is 5.42. The van der Waals surface area contributed by atoms with Crippen molar-refractivity contribution in [2.45, 2.75) is 37.7 Å². The van der Waals surface area contributed by atoms with Crippen molar-refractivity contribution < 1.29 is 33.7 Å². The number of rotatable bonds is 15. The summed E-state index contributed by atoms with van der Waals surface area (Å²) in [5, 5.41) is 15.1. The van der Waals surface area contributed by atoms with Gasteiger partial charge in [0.25, 0.3) is 0 Å². The SMILES string of the molecule is O=C(N[C@@H](Cc1ccccc1)P(=O)(O)CC(Cc1ccccc1)C(=O)NC(Cc1ccccc1)C(=O)O)OCc1ccccc1. The van der Waals surface area contributed by atoms with Crippen molar-refractivity contribution in [3.63, 3.8) is 0 Å². The van der Waals surface area contributed by atoms with Gasteiger partial charge in [0, 0.05) is 19.0 Å². The molecule has 9 nitrogen and oxygen atoms in total. The van der Waals surface area contributed by atoms with Crippen LogP contribution in [-0.2, 0) is 44.8 Å². The van der Waals surface area contributed by atoms with Gasteiger partial charge in [-0.25, -0.2) is 9.59 Å². The molecule has 4 rings (SSSR count). The first kappa shape index (κ1) is 33.2. The van der Waals surface area contributed by atoms with Crippen molar-refractivity contribution in [2.24, 2.45) is 5.92 Å². The minimum atomic E-state index is -4.32. The highest BCUT2D eigenvalue weighted by Gasteiger charge is 2.38. The van der Waals surface area contributed by atoms with Gasteiger partial charge in [-0.15, -0.1) is 0 Å². The molecule has 0 aliphatic heterocycles. The van der Waals surface area contributed by atoms with Crippen LogP contribution < -0.4 is 10.6 Å². The summed E-state index contributed by atoms with van der Waals surface area (Å²) >= 11 is 0. The third-order valence-electron chi connectivity index (χ3n) is 7.33. The Bertz CT molecular complexity index is 1570. The van der Waals surface area contributed by atoms with Crippen molar-refractivity contribution in [1.82, 2.24) is 10.6 Å². The molecule has 0 spiro atoms. The number of aliphatic carboxylic acids is 1. The minimum absolute atomic E-state index is 0.0144. The molecule has 0 aliphatic carbocycles. The quantitative estimate of drug-likeness (QED) is 0.129. The summed E-state index contributed by atoms with van der Waals surface area (Å²) in [6.07, 6.45) is -1.22. The fourth-order valence-electron chi connectivity index (χ4n) is 4.95. The summed E-state index contributed by atoms with van der Waals surface area (Å²) < 4.78 is 19.5. The van der Waals surface area contributed by atoms with Gasteiger partial charge in [0.05, 0.1) is 5.92 Å². The molecule has 0 fully saturated rings. The van der Waals surface area contributed by atoms with Gasteiger partial charge in [-0.1, -0.05) is 121 Å².